The van der Waals surface area contributed by atoms with Gasteiger partial charge in [-0.05, 0) is 42.8 Å². The van der Waals surface area contributed by atoms with Crippen molar-refractivity contribution < 1.29 is 13.9 Å². The van der Waals surface area contributed by atoms with E-state index in [4.69, 9.17) is 9.15 Å². The number of anilines is 1. The van der Waals surface area contributed by atoms with Crippen molar-refractivity contribution in [1.29, 1.82) is 0 Å². The van der Waals surface area contributed by atoms with Crippen molar-refractivity contribution in [2.45, 2.75) is 12.8 Å². The molecule has 0 saturated carbocycles. The van der Waals surface area contributed by atoms with E-state index in [1.54, 1.807) is 18.2 Å². The van der Waals surface area contributed by atoms with Gasteiger partial charge in [0.1, 0.15) is 5.75 Å². The Kier molecular flexibility index (Phi) is 5.00. The number of hydrogen-bond donors (Lipinski definition) is 2. The Hall–Kier alpha value is -2.54. The Morgan fingerprint density at radius 3 is 2.96 bits per heavy atom. The fraction of sp³-hybridized carbons (Fsp3) is 0.176. The largest absolute Gasteiger partial charge is 0.494 e. The van der Waals surface area contributed by atoms with Gasteiger partial charge in [0, 0.05) is 16.6 Å². The van der Waals surface area contributed by atoms with Gasteiger partial charge < -0.3 is 14.5 Å². The van der Waals surface area contributed by atoms with Gasteiger partial charge in [0.15, 0.2) is 5.58 Å². The molecular formula is C17H15BrN2O4. The van der Waals surface area contributed by atoms with Gasteiger partial charge in [-0.3, -0.25) is 9.78 Å². The standard InChI is InChI=1S/C17H15BrN2O4/c18-11-3-1-4-13(9-11)23-8-2-5-16(21)19-12-6-7-15-14(10-12)20-17(22)24-15/h1,3-4,6-7,9-10H,2,5,8H2,(H,19,21)(H,20,22). The summed E-state index contributed by atoms with van der Waals surface area (Å²) in [6.07, 6.45) is 0.942. The number of carbonyl (C=O) groups is 1. The molecule has 1 heterocycles. The summed E-state index contributed by atoms with van der Waals surface area (Å²) in [5.74, 6) is 0.135. The van der Waals surface area contributed by atoms with E-state index in [0.717, 1.165) is 10.2 Å². The molecule has 0 unspecified atom stereocenters. The zero-order valence-electron chi connectivity index (χ0n) is 12.7. The number of fused-ring (bicyclic) bond motifs is 1. The van der Waals surface area contributed by atoms with Gasteiger partial charge in [0.05, 0.1) is 12.1 Å². The van der Waals surface area contributed by atoms with Crippen LogP contribution >= 0.6 is 15.9 Å². The number of amides is 1. The Morgan fingerprint density at radius 2 is 2.12 bits per heavy atom. The summed E-state index contributed by atoms with van der Waals surface area (Å²) in [5, 5.41) is 2.79. The number of H-pyrrole nitrogens is 1. The summed E-state index contributed by atoms with van der Waals surface area (Å²) in [6.45, 7) is 0.456. The molecular weight excluding hydrogens is 376 g/mol. The van der Waals surface area contributed by atoms with E-state index >= 15 is 0 Å². The zero-order valence-corrected chi connectivity index (χ0v) is 14.3. The Morgan fingerprint density at radius 1 is 1.25 bits per heavy atom. The number of benzene rings is 2. The predicted octanol–water partition coefficient (Wildman–Crippen LogP) is 3.68. The number of ether oxygens (including phenoxy) is 1. The minimum atomic E-state index is -0.516. The summed E-state index contributed by atoms with van der Waals surface area (Å²) >= 11 is 3.38. The van der Waals surface area contributed by atoms with Gasteiger partial charge in [0.2, 0.25) is 5.91 Å². The van der Waals surface area contributed by atoms with E-state index in [-0.39, 0.29) is 5.91 Å². The fourth-order valence-corrected chi connectivity index (χ4v) is 2.61. The van der Waals surface area contributed by atoms with Crippen molar-refractivity contribution in [2.75, 3.05) is 11.9 Å². The van der Waals surface area contributed by atoms with Gasteiger partial charge >= 0.3 is 5.76 Å². The van der Waals surface area contributed by atoms with Gasteiger partial charge in [-0.25, -0.2) is 4.79 Å². The van der Waals surface area contributed by atoms with Crippen LogP contribution < -0.4 is 15.8 Å². The third-order valence-electron chi connectivity index (χ3n) is 3.32. The lowest BCUT2D eigenvalue weighted by Crippen LogP contribution is -2.12. The molecule has 7 heteroatoms. The second kappa shape index (κ2) is 7.35. The number of rotatable bonds is 6. The van der Waals surface area contributed by atoms with E-state index in [1.165, 1.54) is 0 Å². The third-order valence-corrected chi connectivity index (χ3v) is 3.81. The lowest BCUT2D eigenvalue weighted by molar-refractivity contribution is -0.116. The normalized spacial score (nSPS) is 10.7. The number of oxazole rings is 1. The molecule has 0 saturated heterocycles. The molecule has 1 amide bonds. The summed E-state index contributed by atoms with van der Waals surface area (Å²) in [5.41, 5.74) is 1.62. The van der Waals surface area contributed by atoms with Crippen molar-refractivity contribution in [3.8, 4) is 5.75 Å². The minimum Gasteiger partial charge on any atom is -0.494 e. The number of nitrogens with one attached hydrogen (secondary N) is 2. The maximum atomic E-state index is 11.9. The molecule has 0 spiro atoms. The Labute approximate surface area is 145 Å². The lowest BCUT2D eigenvalue weighted by atomic mass is 10.2. The van der Waals surface area contributed by atoms with Crippen LogP contribution in [0, 0.1) is 0 Å². The van der Waals surface area contributed by atoms with Gasteiger partial charge in [-0.1, -0.05) is 22.0 Å². The molecule has 3 rings (SSSR count). The van der Waals surface area contributed by atoms with E-state index in [0.29, 0.717) is 36.2 Å². The second-order valence-electron chi connectivity index (χ2n) is 5.18. The average molecular weight is 391 g/mol. The minimum absolute atomic E-state index is 0.113. The van der Waals surface area contributed by atoms with Crippen LogP contribution in [0.2, 0.25) is 0 Å². The molecule has 1 aromatic heterocycles. The van der Waals surface area contributed by atoms with Crippen LogP contribution in [0.3, 0.4) is 0 Å². The van der Waals surface area contributed by atoms with E-state index < -0.39 is 5.76 Å². The second-order valence-corrected chi connectivity index (χ2v) is 6.10. The monoisotopic (exact) mass is 390 g/mol. The van der Waals surface area contributed by atoms with E-state index in [2.05, 4.69) is 26.2 Å². The highest BCUT2D eigenvalue weighted by molar-refractivity contribution is 9.10. The van der Waals surface area contributed by atoms with E-state index in [9.17, 15) is 9.59 Å². The molecule has 2 N–H and O–H groups in total. The van der Waals surface area contributed by atoms with Gasteiger partial charge in [-0.15, -0.1) is 0 Å². The van der Waals surface area contributed by atoms with Crippen LogP contribution in [0.4, 0.5) is 5.69 Å². The molecule has 0 aliphatic carbocycles. The topological polar surface area (TPSA) is 84.3 Å². The van der Waals surface area contributed by atoms with Crippen LogP contribution in [0.1, 0.15) is 12.8 Å². The highest BCUT2D eigenvalue weighted by Gasteiger charge is 2.06. The molecule has 0 aliphatic rings. The zero-order chi connectivity index (χ0) is 16.9. The van der Waals surface area contributed by atoms with Gasteiger partial charge in [-0.2, -0.15) is 0 Å². The number of carbonyl (C=O) groups excluding carboxylic acids is 1. The SMILES string of the molecule is O=C(CCCOc1cccc(Br)c1)Nc1ccc2oc(=O)[nH]c2c1. The van der Waals surface area contributed by atoms with Crippen molar-refractivity contribution in [1.82, 2.24) is 4.98 Å². The first-order chi connectivity index (χ1) is 11.6. The summed E-state index contributed by atoms with van der Waals surface area (Å²) < 4.78 is 11.4. The van der Waals surface area contributed by atoms with E-state index in [1.807, 2.05) is 24.3 Å². The average Bonchev–Trinajstić information content (AvgIpc) is 2.91. The van der Waals surface area contributed by atoms with Crippen molar-refractivity contribution in [3.63, 3.8) is 0 Å². The molecule has 3 aromatic rings. The lowest BCUT2D eigenvalue weighted by Gasteiger charge is -2.07. The molecule has 0 fully saturated rings. The van der Waals surface area contributed by atoms with Crippen molar-refractivity contribution in [2.24, 2.45) is 0 Å². The van der Waals surface area contributed by atoms with Crippen LogP contribution in [0.5, 0.6) is 5.75 Å². The van der Waals surface area contributed by atoms with Crippen LogP contribution in [0.25, 0.3) is 11.1 Å². The number of hydrogen-bond acceptors (Lipinski definition) is 4. The van der Waals surface area contributed by atoms with Crippen LogP contribution in [0.15, 0.2) is 56.1 Å². The first-order valence-corrected chi connectivity index (χ1v) is 8.20. The molecule has 2 aromatic carbocycles. The van der Waals surface area contributed by atoms with Gasteiger partial charge in [0.25, 0.3) is 0 Å². The first kappa shape index (κ1) is 16.3. The Bertz CT molecular complexity index is 916. The van der Waals surface area contributed by atoms with Crippen LogP contribution in [-0.2, 0) is 4.79 Å². The predicted molar refractivity (Wildman–Crippen MR) is 94.3 cm³/mol. The van der Waals surface area contributed by atoms with Crippen molar-refractivity contribution in [3.05, 3.63) is 57.5 Å². The maximum Gasteiger partial charge on any atom is 0.417 e. The molecule has 0 aliphatic heterocycles. The van der Waals surface area contributed by atoms with Crippen molar-refractivity contribution >= 4 is 38.6 Å². The molecule has 24 heavy (non-hydrogen) atoms. The molecule has 6 nitrogen and oxygen atoms in total. The molecule has 0 radical (unpaired) electrons. The van der Waals surface area contributed by atoms with Crippen LogP contribution in [-0.4, -0.2) is 17.5 Å². The molecule has 0 atom stereocenters. The Balaban J connectivity index is 1.47. The summed E-state index contributed by atoms with van der Waals surface area (Å²) in [6, 6.07) is 12.5. The quantitative estimate of drug-likeness (QED) is 0.628. The fourth-order valence-electron chi connectivity index (χ4n) is 2.23. The number of aromatic nitrogens is 1. The third kappa shape index (κ3) is 4.26. The number of halogens is 1. The summed E-state index contributed by atoms with van der Waals surface area (Å²) in [4.78, 5) is 25.6. The molecule has 0 bridgehead atoms. The highest BCUT2D eigenvalue weighted by atomic mass is 79.9. The molecule has 124 valence electrons. The smallest absolute Gasteiger partial charge is 0.417 e. The highest BCUT2D eigenvalue weighted by Crippen LogP contribution is 2.18. The summed E-state index contributed by atoms with van der Waals surface area (Å²) in [7, 11) is 0. The maximum absolute atomic E-state index is 11.9. The number of aromatic amines is 1. The first-order valence-electron chi connectivity index (χ1n) is 7.41.